The summed E-state index contributed by atoms with van der Waals surface area (Å²) >= 11 is 1.64. The molecular formula is C28H20N6OS. The predicted molar refractivity (Wildman–Crippen MR) is 142 cm³/mol. The number of hydrogen-bond donors (Lipinski definition) is 2. The summed E-state index contributed by atoms with van der Waals surface area (Å²) in [4.78, 5) is 20.2. The van der Waals surface area contributed by atoms with Crippen LogP contribution in [0.25, 0.3) is 38.2 Å². The molecule has 0 saturated heterocycles. The lowest BCUT2D eigenvalue weighted by atomic mass is 9.94. The van der Waals surface area contributed by atoms with E-state index < -0.39 is 0 Å². The zero-order chi connectivity index (χ0) is 24.8. The molecule has 1 aliphatic heterocycles. The topological polar surface area (TPSA) is 112 Å². The van der Waals surface area contributed by atoms with Crippen LogP contribution in [0.5, 0.6) is 0 Å². The number of nitrogens with zero attached hydrogens (tertiary/aromatic N) is 4. The Morgan fingerprint density at radius 2 is 2.14 bits per heavy atom. The molecule has 1 aliphatic rings. The van der Waals surface area contributed by atoms with Crippen LogP contribution >= 0.6 is 11.3 Å². The molecule has 2 aromatic carbocycles. The summed E-state index contributed by atoms with van der Waals surface area (Å²) in [5.41, 5.74) is 13.8. The molecule has 0 atom stereocenters. The van der Waals surface area contributed by atoms with Gasteiger partial charge in [-0.15, -0.1) is 11.3 Å². The minimum absolute atomic E-state index is 0.137. The number of nitrogens with one attached hydrogen (secondary N) is 1. The lowest BCUT2D eigenvalue weighted by Gasteiger charge is -2.18. The van der Waals surface area contributed by atoms with Gasteiger partial charge in [0.25, 0.3) is 5.91 Å². The summed E-state index contributed by atoms with van der Waals surface area (Å²) in [6, 6.07) is 17.9. The van der Waals surface area contributed by atoms with Gasteiger partial charge in [0.2, 0.25) is 0 Å². The highest BCUT2D eigenvalue weighted by atomic mass is 32.1. The third-order valence-electron chi connectivity index (χ3n) is 6.53. The van der Waals surface area contributed by atoms with Gasteiger partial charge in [0, 0.05) is 36.6 Å². The van der Waals surface area contributed by atoms with Gasteiger partial charge in [-0.05, 0) is 63.5 Å². The van der Waals surface area contributed by atoms with Crippen molar-refractivity contribution in [2.24, 2.45) is 0 Å². The number of H-pyrrole nitrogens is 1. The molecule has 0 spiro atoms. The largest absolute Gasteiger partial charge is 0.398 e. The van der Waals surface area contributed by atoms with Crippen molar-refractivity contribution in [2.45, 2.75) is 6.54 Å². The van der Waals surface area contributed by atoms with Crippen LogP contribution in [-0.2, 0) is 6.54 Å². The van der Waals surface area contributed by atoms with Gasteiger partial charge in [-0.25, -0.2) is 0 Å². The van der Waals surface area contributed by atoms with Crippen LogP contribution in [0.3, 0.4) is 0 Å². The molecule has 0 unspecified atom stereocenters. The second kappa shape index (κ2) is 8.48. The van der Waals surface area contributed by atoms with Gasteiger partial charge in [0.05, 0.1) is 21.5 Å². The van der Waals surface area contributed by atoms with Crippen LogP contribution < -0.4 is 5.73 Å². The maximum Gasteiger partial charge on any atom is 0.256 e. The molecule has 174 valence electrons. The predicted octanol–water partition coefficient (Wildman–Crippen LogP) is 5.48. The zero-order valence-corrected chi connectivity index (χ0v) is 20.0. The molecule has 0 saturated carbocycles. The lowest BCUT2D eigenvalue weighted by Crippen LogP contribution is -2.26. The minimum atomic E-state index is -0.137. The molecular weight excluding hydrogens is 468 g/mol. The lowest BCUT2D eigenvalue weighted by molar-refractivity contribution is 0.0800. The molecule has 6 rings (SSSR count). The first-order chi connectivity index (χ1) is 17.5. The standard InChI is InChI=1S/C28H20N6OS/c1-16(19-8-9-31-13-18(19)12-29)14-34-15-22-20(5-6-23(30)26(22)28(34)35)17-4-7-24-21(11-17)27(33-32-24)25-3-2-10-36-25/h2-11,13H,1,14-15,30H2,(H,32,33). The van der Waals surface area contributed by atoms with Crippen molar-refractivity contribution in [2.75, 3.05) is 12.3 Å². The number of nitriles is 1. The van der Waals surface area contributed by atoms with Crippen LogP contribution in [0.2, 0.25) is 0 Å². The number of amides is 1. The number of aromatic nitrogens is 3. The van der Waals surface area contributed by atoms with E-state index in [9.17, 15) is 10.1 Å². The Morgan fingerprint density at radius 1 is 1.25 bits per heavy atom. The van der Waals surface area contributed by atoms with Crippen LogP contribution in [0.15, 0.2) is 72.9 Å². The fourth-order valence-electron chi connectivity index (χ4n) is 4.79. The third-order valence-corrected chi connectivity index (χ3v) is 7.40. The first-order valence-electron chi connectivity index (χ1n) is 11.3. The summed E-state index contributed by atoms with van der Waals surface area (Å²) in [5, 5.41) is 20.1. The molecule has 4 heterocycles. The average molecular weight is 489 g/mol. The second-order valence-electron chi connectivity index (χ2n) is 8.66. The van der Waals surface area contributed by atoms with Crippen molar-refractivity contribution in [3.8, 4) is 27.8 Å². The van der Waals surface area contributed by atoms with Crippen molar-refractivity contribution in [1.82, 2.24) is 20.1 Å². The van der Waals surface area contributed by atoms with Gasteiger partial charge in [-0.2, -0.15) is 10.4 Å². The Labute approximate surface area is 211 Å². The fraction of sp³-hybridized carbons (Fsp3) is 0.0714. The van der Waals surface area contributed by atoms with Gasteiger partial charge in [-0.3, -0.25) is 14.9 Å². The highest BCUT2D eigenvalue weighted by Gasteiger charge is 2.32. The Kier molecular flexibility index (Phi) is 5.13. The number of fused-ring (bicyclic) bond motifs is 2. The van der Waals surface area contributed by atoms with Crippen molar-refractivity contribution in [1.29, 1.82) is 5.26 Å². The van der Waals surface area contributed by atoms with Crippen molar-refractivity contribution in [3.63, 3.8) is 0 Å². The molecule has 0 bridgehead atoms. The van der Waals surface area contributed by atoms with Crippen molar-refractivity contribution >= 4 is 39.4 Å². The monoisotopic (exact) mass is 488 g/mol. The summed E-state index contributed by atoms with van der Waals surface area (Å²) in [6.45, 7) is 4.84. The number of aromatic amines is 1. The molecule has 36 heavy (non-hydrogen) atoms. The number of nitrogen functional groups attached to an aromatic ring is 1. The number of hydrogen-bond acceptors (Lipinski definition) is 6. The third kappa shape index (κ3) is 3.45. The van der Waals surface area contributed by atoms with E-state index in [0.717, 1.165) is 38.2 Å². The molecule has 3 aromatic heterocycles. The minimum Gasteiger partial charge on any atom is -0.398 e. The Hall–Kier alpha value is -4.74. The number of thiophene rings is 1. The number of carbonyl (C=O) groups is 1. The van der Waals surface area contributed by atoms with E-state index in [2.05, 4.69) is 40.0 Å². The molecule has 0 radical (unpaired) electrons. The highest BCUT2D eigenvalue weighted by molar-refractivity contribution is 7.13. The van der Waals surface area contributed by atoms with Gasteiger partial charge in [-0.1, -0.05) is 24.8 Å². The first kappa shape index (κ1) is 21.8. The molecule has 3 N–H and O–H groups in total. The van der Waals surface area contributed by atoms with E-state index in [1.165, 1.54) is 6.20 Å². The molecule has 7 nitrogen and oxygen atoms in total. The SMILES string of the molecule is C=C(CN1Cc2c(-c3ccc4[nH]nc(-c5cccs5)c4c3)ccc(N)c2C1=O)c1ccncc1C#N. The van der Waals surface area contributed by atoms with Gasteiger partial charge in [0.15, 0.2) is 0 Å². The van der Waals surface area contributed by atoms with Gasteiger partial charge >= 0.3 is 0 Å². The molecule has 8 heteroatoms. The van der Waals surface area contributed by atoms with Crippen LogP contribution in [0.4, 0.5) is 5.69 Å². The second-order valence-corrected chi connectivity index (χ2v) is 9.61. The number of anilines is 1. The molecule has 0 fully saturated rings. The van der Waals surface area contributed by atoms with Crippen molar-refractivity contribution in [3.05, 3.63) is 95.1 Å². The van der Waals surface area contributed by atoms with E-state index >= 15 is 0 Å². The molecule has 5 aromatic rings. The first-order valence-corrected chi connectivity index (χ1v) is 12.2. The number of carbonyl (C=O) groups excluding carboxylic acids is 1. The van der Waals surface area contributed by atoms with E-state index in [0.29, 0.717) is 34.5 Å². The normalized spacial score (nSPS) is 12.6. The van der Waals surface area contributed by atoms with E-state index in [1.54, 1.807) is 34.6 Å². The summed E-state index contributed by atoms with van der Waals surface area (Å²) in [7, 11) is 0. The highest BCUT2D eigenvalue weighted by Crippen LogP contribution is 2.39. The Bertz CT molecular complexity index is 1710. The maximum atomic E-state index is 13.4. The fourth-order valence-corrected chi connectivity index (χ4v) is 5.52. The maximum absolute atomic E-state index is 13.4. The molecule has 1 amide bonds. The van der Waals surface area contributed by atoms with Gasteiger partial charge in [0.1, 0.15) is 11.8 Å². The Balaban J connectivity index is 1.38. The van der Waals surface area contributed by atoms with E-state index in [4.69, 9.17) is 5.73 Å². The summed E-state index contributed by atoms with van der Waals surface area (Å²) in [5.74, 6) is -0.137. The quantitative estimate of drug-likeness (QED) is 0.318. The van der Waals surface area contributed by atoms with Crippen LogP contribution in [0, 0.1) is 11.3 Å². The summed E-state index contributed by atoms with van der Waals surface area (Å²) < 4.78 is 0. The summed E-state index contributed by atoms with van der Waals surface area (Å²) in [6.07, 6.45) is 3.13. The average Bonchev–Trinajstić information content (AvgIpc) is 3.63. The van der Waals surface area contributed by atoms with E-state index in [-0.39, 0.29) is 12.5 Å². The number of benzene rings is 2. The molecule has 0 aliphatic carbocycles. The van der Waals surface area contributed by atoms with Crippen LogP contribution in [-0.4, -0.2) is 32.5 Å². The van der Waals surface area contributed by atoms with Crippen molar-refractivity contribution < 1.29 is 4.79 Å². The van der Waals surface area contributed by atoms with E-state index in [1.807, 2.05) is 29.6 Å². The van der Waals surface area contributed by atoms with Crippen LogP contribution in [0.1, 0.15) is 27.0 Å². The Morgan fingerprint density at radius 3 is 2.94 bits per heavy atom. The van der Waals surface area contributed by atoms with Gasteiger partial charge < -0.3 is 10.6 Å². The smallest absolute Gasteiger partial charge is 0.256 e. The zero-order valence-electron chi connectivity index (χ0n) is 19.2. The number of rotatable bonds is 5. The number of nitrogens with two attached hydrogens (primary N) is 1. The number of pyridine rings is 1.